The van der Waals surface area contributed by atoms with Crippen LogP contribution >= 0.6 is 0 Å². The molecule has 100 valence electrons. The van der Waals surface area contributed by atoms with Crippen LogP contribution < -0.4 is 4.72 Å². The molecule has 0 saturated heterocycles. The molecule has 6 nitrogen and oxygen atoms in total. The number of sulfonamides is 1. The number of carbonyl (C=O) groups is 1. The first-order chi connectivity index (χ1) is 8.38. The number of hydrogen-bond acceptors (Lipinski definition) is 4. The second kappa shape index (κ2) is 6.46. The molecule has 0 fully saturated rings. The summed E-state index contributed by atoms with van der Waals surface area (Å²) < 4.78 is 24.2. The first-order valence-electron chi connectivity index (χ1n) is 5.47. The lowest BCUT2D eigenvalue weighted by molar-refractivity contribution is -0.129. The molecule has 0 aliphatic heterocycles. The summed E-state index contributed by atoms with van der Waals surface area (Å²) in [5.41, 5.74) is 0.909. The molecular weight excluding hydrogens is 254 g/mol. The Kier molecular flexibility index (Phi) is 5.24. The van der Waals surface area contributed by atoms with Crippen molar-refractivity contribution in [1.29, 1.82) is 0 Å². The Bertz CT molecular complexity index is 488. The SMILES string of the molecule is CC(=O)N(CCNS(C)(=O)=O)Cc1cccnc1. The van der Waals surface area contributed by atoms with E-state index < -0.39 is 10.0 Å². The number of rotatable bonds is 6. The number of carbonyl (C=O) groups excluding carboxylic acids is 1. The highest BCUT2D eigenvalue weighted by atomic mass is 32.2. The minimum Gasteiger partial charge on any atom is -0.337 e. The molecule has 0 saturated carbocycles. The van der Waals surface area contributed by atoms with Gasteiger partial charge in [-0.15, -0.1) is 0 Å². The Morgan fingerprint density at radius 3 is 2.72 bits per heavy atom. The smallest absolute Gasteiger partial charge is 0.219 e. The summed E-state index contributed by atoms with van der Waals surface area (Å²) in [5, 5.41) is 0. The van der Waals surface area contributed by atoms with Crippen LogP contribution in [0.3, 0.4) is 0 Å². The van der Waals surface area contributed by atoms with Gasteiger partial charge in [-0.1, -0.05) is 6.07 Å². The van der Waals surface area contributed by atoms with Crippen LogP contribution in [0.25, 0.3) is 0 Å². The molecule has 7 heteroatoms. The molecule has 0 aliphatic carbocycles. The second-order valence-electron chi connectivity index (χ2n) is 3.97. The molecule has 1 aromatic rings. The van der Waals surface area contributed by atoms with E-state index in [-0.39, 0.29) is 12.5 Å². The predicted octanol–water partition coefficient (Wildman–Crippen LogP) is -0.0207. The van der Waals surface area contributed by atoms with Gasteiger partial charge < -0.3 is 4.90 Å². The monoisotopic (exact) mass is 271 g/mol. The van der Waals surface area contributed by atoms with Crippen LogP contribution in [0.2, 0.25) is 0 Å². The average Bonchev–Trinajstić information content (AvgIpc) is 2.27. The molecule has 0 bridgehead atoms. The molecule has 0 aliphatic rings. The third-order valence-electron chi connectivity index (χ3n) is 2.29. The van der Waals surface area contributed by atoms with Gasteiger partial charge in [-0.25, -0.2) is 13.1 Å². The molecule has 0 aromatic carbocycles. The Morgan fingerprint density at radius 2 is 2.22 bits per heavy atom. The van der Waals surface area contributed by atoms with Crippen molar-refractivity contribution in [3.63, 3.8) is 0 Å². The molecule has 1 N–H and O–H groups in total. The van der Waals surface area contributed by atoms with E-state index in [2.05, 4.69) is 9.71 Å². The summed E-state index contributed by atoms with van der Waals surface area (Å²) in [6.07, 6.45) is 4.43. The average molecular weight is 271 g/mol. The van der Waals surface area contributed by atoms with E-state index in [9.17, 15) is 13.2 Å². The van der Waals surface area contributed by atoms with E-state index in [1.165, 1.54) is 6.92 Å². The van der Waals surface area contributed by atoms with Gasteiger partial charge >= 0.3 is 0 Å². The van der Waals surface area contributed by atoms with Gasteiger partial charge in [-0.05, 0) is 11.6 Å². The highest BCUT2D eigenvalue weighted by Gasteiger charge is 2.10. The molecule has 1 aromatic heterocycles. The Hall–Kier alpha value is -1.47. The Labute approximate surface area is 107 Å². The highest BCUT2D eigenvalue weighted by Crippen LogP contribution is 2.02. The van der Waals surface area contributed by atoms with E-state index in [0.29, 0.717) is 13.1 Å². The number of aromatic nitrogens is 1. The summed E-state index contributed by atoms with van der Waals surface area (Å²) in [5.74, 6) is -0.103. The summed E-state index contributed by atoms with van der Waals surface area (Å²) in [6, 6.07) is 3.66. The zero-order chi connectivity index (χ0) is 13.6. The first-order valence-corrected chi connectivity index (χ1v) is 7.36. The van der Waals surface area contributed by atoms with Gasteiger partial charge in [0.15, 0.2) is 0 Å². The van der Waals surface area contributed by atoms with Crippen LogP contribution in [-0.4, -0.2) is 43.6 Å². The molecule has 1 heterocycles. The molecular formula is C11H17N3O3S. The molecule has 1 amide bonds. The van der Waals surface area contributed by atoms with E-state index in [0.717, 1.165) is 11.8 Å². The topological polar surface area (TPSA) is 79.4 Å². The summed E-state index contributed by atoms with van der Waals surface area (Å²) in [4.78, 5) is 17.0. The van der Waals surface area contributed by atoms with Crippen LogP contribution in [0.1, 0.15) is 12.5 Å². The van der Waals surface area contributed by atoms with Crippen molar-refractivity contribution in [2.75, 3.05) is 19.3 Å². The maximum atomic E-state index is 11.4. The van der Waals surface area contributed by atoms with E-state index in [1.54, 1.807) is 23.4 Å². The molecule has 1 rings (SSSR count). The van der Waals surface area contributed by atoms with Crippen molar-refractivity contribution >= 4 is 15.9 Å². The lowest BCUT2D eigenvalue weighted by Gasteiger charge is -2.20. The lowest BCUT2D eigenvalue weighted by atomic mass is 10.2. The van der Waals surface area contributed by atoms with Crippen molar-refractivity contribution in [3.8, 4) is 0 Å². The summed E-state index contributed by atoms with van der Waals surface area (Å²) in [7, 11) is -3.22. The zero-order valence-electron chi connectivity index (χ0n) is 10.5. The third-order valence-corrected chi connectivity index (χ3v) is 3.02. The first kappa shape index (κ1) is 14.6. The largest absolute Gasteiger partial charge is 0.337 e. The molecule has 0 radical (unpaired) electrons. The Morgan fingerprint density at radius 1 is 1.50 bits per heavy atom. The molecule has 18 heavy (non-hydrogen) atoms. The summed E-state index contributed by atoms with van der Waals surface area (Å²) >= 11 is 0. The number of pyridine rings is 1. The van der Waals surface area contributed by atoms with Crippen molar-refractivity contribution in [1.82, 2.24) is 14.6 Å². The van der Waals surface area contributed by atoms with Gasteiger partial charge in [0.2, 0.25) is 15.9 Å². The fourth-order valence-electron chi connectivity index (χ4n) is 1.43. The zero-order valence-corrected chi connectivity index (χ0v) is 11.3. The van der Waals surface area contributed by atoms with Crippen LogP contribution in [0.15, 0.2) is 24.5 Å². The van der Waals surface area contributed by atoms with Gasteiger partial charge in [0.05, 0.1) is 6.26 Å². The standard InChI is InChI=1S/C11H17N3O3S/c1-10(15)14(7-6-13-18(2,16)17)9-11-4-3-5-12-8-11/h3-5,8,13H,6-7,9H2,1-2H3. The number of nitrogens with zero attached hydrogens (tertiary/aromatic N) is 2. The van der Waals surface area contributed by atoms with Crippen molar-refractivity contribution in [3.05, 3.63) is 30.1 Å². The van der Waals surface area contributed by atoms with E-state index in [1.807, 2.05) is 6.07 Å². The van der Waals surface area contributed by atoms with Crippen LogP contribution in [-0.2, 0) is 21.4 Å². The van der Waals surface area contributed by atoms with Gasteiger partial charge in [0, 0.05) is 39.0 Å². The number of amides is 1. The van der Waals surface area contributed by atoms with E-state index >= 15 is 0 Å². The van der Waals surface area contributed by atoms with Gasteiger partial charge in [0.25, 0.3) is 0 Å². The van der Waals surface area contributed by atoms with Gasteiger partial charge in [-0.2, -0.15) is 0 Å². The van der Waals surface area contributed by atoms with Crippen molar-refractivity contribution < 1.29 is 13.2 Å². The quantitative estimate of drug-likeness (QED) is 0.788. The molecule has 0 unspecified atom stereocenters. The predicted molar refractivity (Wildman–Crippen MR) is 68.2 cm³/mol. The van der Waals surface area contributed by atoms with Crippen LogP contribution in [0.4, 0.5) is 0 Å². The fraction of sp³-hybridized carbons (Fsp3) is 0.455. The minimum atomic E-state index is -3.22. The molecule has 0 spiro atoms. The van der Waals surface area contributed by atoms with Crippen LogP contribution in [0, 0.1) is 0 Å². The summed E-state index contributed by atoms with van der Waals surface area (Å²) in [6.45, 7) is 2.42. The van der Waals surface area contributed by atoms with Crippen LogP contribution in [0.5, 0.6) is 0 Å². The van der Waals surface area contributed by atoms with Crippen molar-refractivity contribution in [2.45, 2.75) is 13.5 Å². The van der Waals surface area contributed by atoms with Gasteiger partial charge in [0.1, 0.15) is 0 Å². The normalized spacial score (nSPS) is 11.2. The number of hydrogen-bond donors (Lipinski definition) is 1. The maximum Gasteiger partial charge on any atom is 0.219 e. The van der Waals surface area contributed by atoms with Gasteiger partial charge in [-0.3, -0.25) is 9.78 Å². The lowest BCUT2D eigenvalue weighted by Crippen LogP contribution is -2.36. The maximum absolute atomic E-state index is 11.4. The Balaban J connectivity index is 2.54. The third kappa shape index (κ3) is 5.74. The number of nitrogens with one attached hydrogen (secondary N) is 1. The minimum absolute atomic E-state index is 0.103. The van der Waals surface area contributed by atoms with Crippen molar-refractivity contribution in [2.24, 2.45) is 0 Å². The second-order valence-corrected chi connectivity index (χ2v) is 5.80. The highest BCUT2D eigenvalue weighted by molar-refractivity contribution is 7.88. The van der Waals surface area contributed by atoms with E-state index in [4.69, 9.17) is 0 Å². The fourth-order valence-corrected chi connectivity index (χ4v) is 1.89. The molecule has 0 atom stereocenters.